The van der Waals surface area contributed by atoms with Gasteiger partial charge in [-0.1, -0.05) is 24.3 Å². The van der Waals surface area contributed by atoms with E-state index in [1.165, 1.54) is 11.0 Å². The van der Waals surface area contributed by atoms with Gasteiger partial charge in [-0.05, 0) is 37.3 Å². The molecule has 2 rings (SSSR count). The standard InChI is InChI=1S/C17H15F3N2O2/c1-2-22(14-9-4-3-5-10-14)16(24)15(23)21-13-8-6-7-12(11-13)17(18,19)20/h3-11H,2H2,1H3,(H,21,23). The SMILES string of the molecule is CCN(C(=O)C(=O)Nc1cccc(C(F)(F)F)c1)c1ccccc1. The maximum atomic E-state index is 12.7. The predicted molar refractivity (Wildman–Crippen MR) is 84.5 cm³/mol. The number of benzene rings is 2. The van der Waals surface area contributed by atoms with E-state index in [2.05, 4.69) is 5.32 Å². The number of nitrogens with zero attached hydrogens (tertiary/aromatic N) is 1. The fourth-order valence-electron chi connectivity index (χ4n) is 2.13. The normalized spacial score (nSPS) is 11.0. The molecule has 4 nitrogen and oxygen atoms in total. The van der Waals surface area contributed by atoms with E-state index in [0.29, 0.717) is 5.69 Å². The molecule has 0 aliphatic heterocycles. The molecule has 0 saturated carbocycles. The summed E-state index contributed by atoms with van der Waals surface area (Å²) in [6.07, 6.45) is -4.52. The highest BCUT2D eigenvalue weighted by molar-refractivity contribution is 6.44. The van der Waals surface area contributed by atoms with Crippen molar-refractivity contribution in [2.75, 3.05) is 16.8 Å². The summed E-state index contributed by atoms with van der Waals surface area (Å²) < 4.78 is 38.0. The summed E-state index contributed by atoms with van der Waals surface area (Å²) in [6, 6.07) is 12.7. The number of para-hydroxylation sites is 1. The molecule has 1 N–H and O–H groups in total. The number of carbonyl (C=O) groups excluding carboxylic acids is 2. The zero-order valence-corrected chi connectivity index (χ0v) is 12.8. The largest absolute Gasteiger partial charge is 0.416 e. The van der Waals surface area contributed by atoms with Crippen LogP contribution in [0.15, 0.2) is 54.6 Å². The molecule has 0 bridgehead atoms. The Hall–Kier alpha value is -2.83. The van der Waals surface area contributed by atoms with Crippen LogP contribution < -0.4 is 10.2 Å². The minimum Gasteiger partial charge on any atom is -0.318 e. The summed E-state index contributed by atoms with van der Waals surface area (Å²) in [6.45, 7) is 1.95. The van der Waals surface area contributed by atoms with E-state index in [9.17, 15) is 22.8 Å². The van der Waals surface area contributed by atoms with Crippen LogP contribution in [0.25, 0.3) is 0 Å². The third-order valence-electron chi connectivity index (χ3n) is 3.27. The number of alkyl halides is 3. The maximum absolute atomic E-state index is 12.7. The van der Waals surface area contributed by atoms with E-state index in [1.807, 2.05) is 0 Å². The van der Waals surface area contributed by atoms with Crippen LogP contribution in [0.2, 0.25) is 0 Å². The predicted octanol–water partition coefficient (Wildman–Crippen LogP) is 3.70. The molecule has 0 saturated heterocycles. The molecule has 0 fully saturated rings. The van der Waals surface area contributed by atoms with E-state index >= 15 is 0 Å². The van der Waals surface area contributed by atoms with Crippen molar-refractivity contribution < 1.29 is 22.8 Å². The molecule has 126 valence electrons. The zero-order chi connectivity index (χ0) is 17.7. The number of hydrogen-bond donors (Lipinski definition) is 1. The monoisotopic (exact) mass is 336 g/mol. The van der Waals surface area contributed by atoms with Crippen molar-refractivity contribution >= 4 is 23.2 Å². The molecular weight excluding hydrogens is 321 g/mol. The van der Waals surface area contributed by atoms with Crippen LogP contribution in [-0.2, 0) is 15.8 Å². The fourth-order valence-corrected chi connectivity index (χ4v) is 2.13. The Morgan fingerprint density at radius 1 is 1.04 bits per heavy atom. The minimum atomic E-state index is -4.52. The average Bonchev–Trinajstić information content (AvgIpc) is 2.56. The van der Waals surface area contributed by atoms with Gasteiger partial charge in [0.2, 0.25) is 0 Å². The molecular formula is C17H15F3N2O2. The van der Waals surface area contributed by atoms with Gasteiger partial charge < -0.3 is 10.2 Å². The van der Waals surface area contributed by atoms with Crippen molar-refractivity contribution in [2.45, 2.75) is 13.1 Å². The van der Waals surface area contributed by atoms with E-state index in [0.717, 1.165) is 18.2 Å². The van der Waals surface area contributed by atoms with Gasteiger partial charge in [0.15, 0.2) is 0 Å². The lowest BCUT2D eigenvalue weighted by Crippen LogP contribution is -2.39. The van der Waals surface area contributed by atoms with E-state index in [-0.39, 0.29) is 12.2 Å². The van der Waals surface area contributed by atoms with Gasteiger partial charge in [-0.2, -0.15) is 13.2 Å². The minimum absolute atomic E-state index is 0.0905. The highest BCUT2D eigenvalue weighted by Gasteiger charge is 2.31. The smallest absolute Gasteiger partial charge is 0.318 e. The maximum Gasteiger partial charge on any atom is 0.416 e. The Bertz CT molecular complexity index is 730. The van der Waals surface area contributed by atoms with Crippen LogP contribution in [0.3, 0.4) is 0 Å². The second kappa shape index (κ2) is 7.16. The number of amides is 2. The van der Waals surface area contributed by atoms with Crippen LogP contribution in [-0.4, -0.2) is 18.4 Å². The summed E-state index contributed by atoms with van der Waals surface area (Å²) >= 11 is 0. The summed E-state index contributed by atoms with van der Waals surface area (Å²) in [5.41, 5.74) is -0.459. The molecule has 0 unspecified atom stereocenters. The van der Waals surface area contributed by atoms with E-state index < -0.39 is 23.6 Å². The van der Waals surface area contributed by atoms with Gasteiger partial charge in [-0.3, -0.25) is 9.59 Å². The number of halogens is 3. The van der Waals surface area contributed by atoms with Gasteiger partial charge in [0.05, 0.1) is 5.56 Å². The zero-order valence-electron chi connectivity index (χ0n) is 12.8. The third kappa shape index (κ3) is 4.13. The Morgan fingerprint density at radius 2 is 1.71 bits per heavy atom. The van der Waals surface area contributed by atoms with Gasteiger partial charge in [0.25, 0.3) is 0 Å². The number of nitrogens with one attached hydrogen (secondary N) is 1. The van der Waals surface area contributed by atoms with Crippen LogP contribution >= 0.6 is 0 Å². The molecule has 7 heteroatoms. The molecule has 2 aromatic carbocycles. The summed E-state index contributed by atoms with van der Waals surface area (Å²) in [5, 5.41) is 2.21. The van der Waals surface area contributed by atoms with Gasteiger partial charge in [-0.15, -0.1) is 0 Å². The van der Waals surface area contributed by atoms with Crippen LogP contribution in [0.4, 0.5) is 24.5 Å². The Labute approximate surface area is 136 Å². The first-order chi connectivity index (χ1) is 11.3. The topological polar surface area (TPSA) is 49.4 Å². The second-order valence-electron chi connectivity index (χ2n) is 4.92. The highest BCUT2D eigenvalue weighted by atomic mass is 19.4. The van der Waals surface area contributed by atoms with Gasteiger partial charge >= 0.3 is 18.0 Å². The average molecular weight is 336 g/mol. The van der Waals surface area contributed by atoms with Crippen molar-refractivity contribution in [3.05, 3.63) is 60.2 Å². The fraction of sp³-hybridized carbons (Fsp3) is 0.176. The number of likely N-dealkylation sites (N-methyl/N-ethyl adjacent to an activating group) is 1. The quantitative estimate of drug-likeness (QED) is 0.869. The molecule has 0 atom stereocenters. The molecule has 0 aliphatic carbocycles. The lowest BCUT2D eigenvalue weighted by molar-refractivity contribution is -0.137. The van der Waals surface area contributed by atoms with Crippen LogP contribution in [0.1, 0.15) is 12.5 Å². The summed E-state index contributed by atoms with van der Waals surface area (Å²) in [5.74, 6) is -1.85. The van der Waals surface area contributed by atoms with Crippen LogP contribution in [0.5, 0.6) is 0 Å². The van der Waals surface area contributed by atoms with Crippen LogP contribution in [0, 0.1) is 0 Å². The highest BCUT2D eigenvalue weighted by Crippen LogP contribution is 2.30. The molecule has 0 radical (unpaired) electrons. The summed E-state index contributed by atoms with van der Waals surface area (Å²) in [4.78, 5) is 25.6. The number of hydrogen-bond acceptors (Lipinski definition) is 2. The van der Waals surface area contributed by atoms with Gasteiger partial charge in [0, 0.05) is 17.9 Å². The van der Waals surface area contributed by atoms with E-state index in [4.69, 9.17) is 0 Å². The first-order valence-electron chi connectivity index (χ1n) is 7.18. The second-order valence-corrected chi connectivity index (χ2v) is 4.92. The first kappa shape index (κ1) is 17.5. The van der Waals surface area contributed by atoms with Crippen molar-refractivity contribution in [2.24, 2.45) is 0 Å². The Balaban J connectivity index is 2.16. The Kier molecular flexibility index (Phi) is 5.23. The van der Waals surface area contributed by atoms with E-state index in [1.54, 1.807) is 37.3 Å². The molecule has 0 spiro atoms. The molecule has 0 aliphatic rings. The van der Waals surface area contributed by atoms with Gasteiger partial charge in [0.1, 0.15) is 0 Å². The van der Waals surface area contributed by atoms with Gasteiger partial charge in [-0.25, -0.2) is 0 Å². The molecule has 0 heterocycles. The lowest BCUT2D eigenvalue weighted by atomic mass is 10.2. The molecule has 2 amide bonds. The Morgan fingerprint density at radius 3 is 2.29 bits per heavy atom. The number of carbonyl (C=O) groups is 2. The molecule has 0 aromatic heterocycles. The van der Waals surface area contributed by atoms with Crippen molar-refractivity contribution in [1.29, 1.82) is 0 Å². The lowest BCUT2D eigenvalue weighted by Gasteiger charge is -2.20. The third-order valence-corrected chi connectivity index (χ3v) is 3.27. The summed E-state index contributed by atoms with van der Waals surface area (Å²) in [7, 11) is 0. The number of anilines is 2. The number of rotatable bonds is 3. The molecule has 24 heavy (non-hydrogen) atoms. The van der Waals surface area contributed by atoms with Crippen molar-refractivity contribution in [3.8, 4) is 0 Å². The molecule has 2 aromatic rings. The first-order valence-corrected chi connectivity index (χ1v) is 7.18. The van der Waals surface area contributed by atoms with Crippen molar-refractivity contribution in [3.63, 3.8) is 0 Å². The van der Waals surface area contributed by atoms with Crippen molar-refractivity contribution in [1.82, 2.24) is 0 Å².